The molecule has 17 heavy (non-hydrogen) atoms. The molecule has 1 aromatic heterocycles. The van der Waals surface area contributed by atoms with E-state index in [0.29, 0.717) is 6.04 Å². The Hall–Kier alpha value is -1.09. The molecule has 1 fully saturated rings. The van der Waals surface area contributed by atoms with Crippen molar-refractivity contribution in [3.8, 4) is 0 Å². The first kappa shape index (κ1) is 12.4. The second-order valence-electron chi connectivity index (χ2n) is 5.28. The molecule has 0 saturated carbocycles. The molecule has 3 atom stereocenters. The van der Waals surface area contributed by atoms with Crippen LogP contribution < -0.4 is 10.6 Å². The molecule has 1 aliphatic heterocycles. The third kappa shape index (κ3) is 2.60. The first-order valence-corrected chi connectivity index (χ1v) is 6.57. The van der Waals surface area contributed by atoms with Gasteiger partial charge in [0.2, 0.25) is 0 Å². The van der Waals surface area contributed by atoms with Crippen LogP contribution in [0.1, 0.15) is 45.3 Å². The van der Waals surface area contributed by atoms with Crippen molar-refractivity contribution in [1.29, 1.82) is 0 Å². The molecular formula is C14H23N3. The Morgan fingerprint density at radius 3 is 2.76 bits per heavy atom. The number of hydrogen-bond acceptors (Lipinski definition) is 3. The minimum atomic E-state index is 0.0155. The minimum absolute atomic E-state index is 0.0155. The van der Waals surface area contributed by atoms with Gasteiger partial charge in [0.25, 0.3) is 0 Å². The van der Waals surface area contributed by atoms with Crippen molar-refractivity contribution >= 4 is 5.69 Å². The average molecular weight is 233 g/mol. The van der Waals surface area contributed by atoms with Crippen LogP contribution in [0, 0.1) is 5.92 Å². The Morgan fingerprint density at radius 1 is 1.41 bits per heavy atom. The highest BCUT2D eigenvalue weighted by Crippen LogP contribution is 2.28. The number of nitrogens with two attached hydrogens (primary N) is 1. The topological polar surface area (TPSA) is 42.1 Å². The summed E-state index contributed by atoms with van der Waals surface area (Å²) < 4.78 is 0. The van der Waals surface area contributed by atoms with Gasteiger partial charge in [-0.15, -0.1) is 0 Å². The highest BCUT2D eigenvalue weighted by molar-refractivity contribution is 5.46. The number of nitrogens with zero attached hydrogens (tertiary/aromatic N) is 2. The summed E-state index contributed by atoms with van der Waals surface area (Å²) in [7, 11) is 0. The van der Waals surface area contributed by atoms with Gasteiger partial charge in [0.05, 0.1) is 17.6 Å². The zero-order chi connectivity index (χ0) is 12.4. The van der Waals surface area contributed by atoms with E-state index in [1.165, 1.54) is 18.5 Å². The van der Waals surface area contributed by atoms with Crippen LogP contribution in [0.5, 0.6) is 0 Å². The average Bonchev–Trinajstić information content (AvgIpc) is 2.33. The zero-order valence-corrected chi connectivity index (χ0v) is 11.1. The van der Waals surface area contributed by atoms with E-state index in [4.69, 9.17) is 5.73 Å². The molecule has 2 N–H and O–H groups in total. The van der Waals surface area contributed by atoms with Gasteiger partial charge in [-0.1, -0.05) is 6.92 Å². The molecule has 3 unspecified atom stereocenters. The van der Waals surface area contributed by atoms with Crippen LogP contribution in [0.2, 0.25) is 0 Å². The van der Waals surface area contributed by atoms with Crippen LogP contribution >= 0.6 is 0 Å². The Kier molecular flexibility index (Phi) is 3.67. The van der Waals surface area contributed by atoms with E-state index < -0.39 is 0 Å². The van der Waals surface area contributed by atoms with Crippen molar-refractivity contribution < 1.29 is 0 Å². The lowest BCUT2D eigenvalue weighted by Gasteiger charge is -2.39. The van der Waals surface area contributed by atoms with Crippen molar-refractivity contribution in [2.24, 2.45) is 11.7 Å². The van der Waals surface area contributed by atoms with Gasteiger partial charge < -0.3 is 10.6 Å². The summed E-state index contributed by atoms with van der Waals surface area (Å²) in [5.74, 6) is 0.761. The first-order valence-electron chi connectivity index (χ1n) is 6.57. The van der Waals surface area contributed by atoms with Crippen LogP contribution in [-0.4, -0.2) is 17.6 Å². The molecule has 0 aliphatic carbocycles. The molecule has 0 bridgehead atoms. The maximum atomic E-state index is 5.82. The van der Waals surface area contributed by atoms with Gasteiger partial charge in [0.15, 0.2) is 0 Å². The number of hydrogen-bond donors (Lipinski definition) is 1. The van der Waals surface area contributed by atoms with Crippen molar-refractivity contribution in [2.45, 2.75) is 45.7 Å². The monoisotopic (exact) mass is 233 g/mol. The van der Waals surface area contributed by atoms with Crippen LogP contribution in [-0.2, 0) is 0 Å². The summed E-state index contributed by atoms with van der Waals surface area (Å²) in [6, 6.07) is 4.82. The Balaban J connectivity index is 2.16. The molecule has 0 amide bonds. The largest absolute Gasteiger partial charge is 0.367 e. The van der Waals surface area contributed by atoms with Gasteiger partial charge in [-0.2, -0.15) is 0 Å². The van der Waals surface area contributed by atoms with Gasteiger partial charge in [0, 0.05) is 18.6 Å². The maximum absolute atomic E-state index is 5.82. The second-order valence-corrected chi connectivity index (χ2v) is 5.28. The summed E-state index contributed by atoms with van der Waals surface area (Å²) in [6.45, 7) is 7.75. The van der Waals surface area contributed by atoms with Crippen molar-refractivity contribution in [3.63, 3.8) is 0 Å². The van der Waals surface area contributed by atoms with Crippen LogP contribution in [0.25, 0.3) is 0 Å². The molecule has 0 radical (unpaired) electrons. The highest BCUT2D eigenvalue weighted by atomic mass is 15.2. The highest BCUT2D eigenvalue weighted by Gasteiger charge is 2.24. The quantitative estimate of drug-likeness (QED) is 0.854. The van der Waals surface area contributed by atoms with E-state index in [-0.39, 0.29) is 6.04 Å². The molecule has 2 rings (SSSR count). The van der Waals surface area contributed by atoms with Crippen molar-refractivity contribution in [1.82, 2.24) is 4.98 Å². The SMILES string of the molecule is CC(N)c1ccc(N2CCCC(C)C2C)cn1. The molecule has 0 aromatic carbocycles. The molecule has 0 spiro atoms. The standard InChI is InChI=1S/C14H23N3/c1-10-5-4-8-17(12(10)3)13-6-7-14(11(2)15)16-9-13/h6-7,9-12H,4-5,8,15H2,1-3H3. The zero-order valence-electron chi connectivity index (χ0n) is 11.1. The number of rotatable bonds is 2. The van der Waals surface area contributed by atoms with Crippen molar-refractivity contribution in [2.75, 3.05) is 11.4 Å². The predicted octanol–water partition coefficient (Wildman–Crippen LogP) is 2.73. The molecule has 1 aromatic rings. The normalized spacial score (nSPS) is 26.9. The van der Waals surface area contributed by atoms with Gasteiger partial charge in [0.1, 0.15) is 0 Å². The fourth-order valence-corrected chi connectivity index (χ4v) is 2.54. The summed E-state index contributed by atoms with van der Waals surface area (Å²) in [5.41, 5.74) is 8.01. The second kappa shape index (κ2) is 5.05. The predicted molar refractivity (Wildman–Crippen MR) is 72.0 cm³/mol. The van der Waals surface area contributed by atoms with Gasteiger partial charge >= 0.3 is 0 Å². The summed E-state index contributed by atoms with van der Waals surface area (Å²) in [6.07, 6.45) is 4.58. The molecule has 1 aliphatic rings. The van der Waals surface area contributed by atoms with E-state index in [1.807, 2.05) is 19.2 Å². The van der Waals surface area contributed by atoms with E-state index in [9.17, 15) is 0 Å². The Morgan fingerprint density at radius 2 is 2.18 bits per heavy atom. The van der Waals surface area contributed by atoms with E-state index in [0.717, 1.165) is 18.2 Å². The molecular weight excluding hydrogens is 210 g/mol. The smallest absolute Gasteiger partial charge is 0.0569 e. The van der Waals surface area contributed by atoms with Gasteiger partial charge in [-0.25, -0.2) is 0 Å². The van der Waals surface area contributed by atoms with Crippen LogP contribution in [0.15, 0.2) is 18.3 Å². The van der Waals surface area contributed by atoms with E-state index >= 15 is 0 Å². The lowest BCUT2D eigenvalue weighted by Crippen LogP contribution is -2.42. The lowest BCUT2D eigenvalue weighted by atomic mass is 9.92. The molecule has 3 heteroatoms. The third-order valence-corrected chi connectivity index (χ3v) is 3.94. The van der Waals surface area contributed by atoms with Crippen LogP contribution in [0.3, 0.4) is 0 Å². The number of aromatic nitrogens is 1. The summed E-state index contributed by atoms with van der Waals surface area (Å²) in [4.78, 5) is 6.91. The fraction of sp³-hybridized carbons (Fsp3) is 0.643. The van der Waals surface area contributed by atoms with Gasteiger partial charge in [-0.05, 0) is 44.7 Å². The number of pyridine rings is 1. The summed E-state index contributed by atoms with van der Waals surface area (Å²) >= 11 is 0. The summed E-state index contributed by atoms with van der Waals surface area (Å²) in [5, 5.41) is 0. The first-order chi connectivity index (χ1) is 8.09. The van der Waals surface area contributed by atoms with Crippen molar-refractivity contribution in [3.05, 3.63) is 24.0 Å². The van der Waals surface area contributed by atoms with E-state index in [1.54, 1.807) is 0 Å². The number of anilines is 1. The Labute approximate surface area is 104 Å². The third-order valence-electron chi connectivity index (χ3n) is 3.94. The molecule has 3 nitrogen and oxygen atoms in total. The van der Waals surface area contributed by atoms with Crippen LogP contribution in [0.4, 0.5) is 5.69 Å². The molecule has 2 heterocycles. The Bertz CT molecular complexity index is 358. The minimum Gasteiger partial charge on any atom is -0.367 e. The fourth-order valence-electron chi connectivity index (χ4n) is 2.54. The number of piperidine rings is 1. The molecule has 1 saturated heterocycles. The molecule has 94 valence electrons. The van der Waals surface area contributed by atoms with Gasteiger partial charge in [-0.3, -0.25) is 4.98 Å². The van der Waals surface area contributed by atoms with E-state index in [2.05, 4.69) is 29.8 Å². The maximum Gasteiger partial charge on any atom is 0.0569 e. The lowest BCUT2D eigenvalue weighted by molar-refractivity contribution is 0.363.